The third kappa shape index (κ3) is 5.48. The fraction of sp³-hybridized carbons (Fsp3) is 0.333. The number of ether oxygens (including phenoxy) is 2. The van der Waals surface area contributed by atoms with Gasteiger partial charge < -0.3 is 19.3 Å². The molecule has 0 N–H and O–H groups in total. The molecule has 6 nitrogen and oxygen atoms in total. The van der Waals surface area contributed by atoms with Crippen LogP contribution >= 0.6 is 11.3 Å². The molecule has 1 aliphatic heterocycles. The SMILES string of the molecule is COCCN(CC(=O)N1CCc2sccc2[C@@H]1COc1ccccc1C)C(=O)c1ccccc1. The van der Waals surface area contributed by atoms with Crippen molar-refractivity contribution < 1.29 is 19.1 Å². The number of hydrogen-bond acceptors (Lipinski definition) is 5. The number of hydrogen-bond donors (Lipinski definition) is 0. The molecule has 0 aliphatic carbocycles. The van der Waals surface area contributed by atoms with Gasteiger partial charge in [0.05, 0.1) is 12.6 Å². The molecule has 0 saturated carbocycles. The van der Waals surface area contributed by atoms with E-state index >= 15 is 0 Å². The number of aryl methyl sites for hydroxylation is 1. The van der Waals surface area contributed by atoms with Crippen LogP contribution in [0.4, 0.5) is 0 Å². The molecular weight excluding hydrogens is 448 g/mol. The zero-order chi connectivity index (χ0) is 23.9. The predicted molar refractivity (Wildman–Crippen MR) is 133 cm³/mol. The van der Waals surface area contributed by atoms with Gasteiger partial charge in [0.25, 0.3) is 5.91 Å². The Morgan fingerprint density at radius 1 is 1.09 bits per heavy atom. The van der Waals surface area contributed by atoms with Gasteiger partial charge in [-0.05, 0) is 54.1 Å². The molecule has 7 heteroatoms. The van der Waals surface area contributed by atoms with Gasteiger partial charge in [0.2, 0.25) is 5.91 Å². The minimum atomic E-state index is -0.196. The molecule has 0 bridgehead atoms. The summed E-state index contributed by atoms with van der Waals surface area (Å²) in [6.07, 6.45) is 0.810. The standard InChI is InChI=1S/C27H30N2O4S/c1-20-8-6-7-11-24(20)33-19-23-22-13-17-34-25(22)12-14-29(23)26(30)18-28(15-16-32-2)27(31)21-9-4-3-5-10-21/h3-11,13,17,23H,12,14-16,18-19H2,1-2H3/t23-/m0/s1. The van der Waals surface area contributed by atoms with Crippen LogP contribution in [0.15, 0.2) is 66.0 Å². The fourth-order valence-electron chi connectivity index (χ4n) is 4.23. The number of carbonyl (C=O) groups is 2. The minimum absolute atomic E-state index is 0.00256. The summed E-state index contributed by atoms with van der Waals surface area (Å²) in [5.41, 5.74) is 2.75. The Morgan fingerprint density at radius 3 is 2.62 bits per heavy atom. The highest BCUT2D eigenvalue weighted by Crippen LogP contribution is 2.34. The van der Waals surface area contributed by atoms with Crippen molar-refractivity contribution in [1.29, 1.82) is 0 Å². The molecule has 1 aromatic heterocycles. The van der Waals surface area contributed by atoms with Crippen molar-refractivity contribution in [2.24, 2.45) is 0 Å². The number of thiophene rings is 1. The van der Waals surface area contributed by atoms with E-state index in [4.69, 9.17) is 9.47 Å². The number of para-hydroxylation sites is 1. The fourth-order valence-corrected chi connectivity index (χ4v) is 5.16. The molecule has 1 atom stereocenters. The third-order valence-electron chi connectivity index (χ3n) is 6.10. The van der Waals surface area contributed by atoms with Gasteiger partial charge in [-0.25, -0.2) is 0 Å². The Hall–Kier alpha value is -3.16. The van der Waals surface area contributed by atoms with Crippen molar-refractivity contribution in [1.82, 2.24) is 9.80 Å². The van der Waals surface area contributed by atoms with Gasteiger partial charge in [0.1, 0.15) is 18.9 Å². The van der Waals surface area contributed by atoms with E-state index in [1.165, 1.54) is 4.88 Å². The summed E-state index contributed by atoms with van der Waals surface area (Å²) in [5, 5.41) is 2.07. The van der Waals surface area contributed by atoms with Gasteiger partial charge in [-0.15, -0.1) is 11.3 Å². The Labute approximate surface area is 204 Å². The van der Waals surface area contributed by atoms with Gasteiger partial charge in [0, 0.05) is 30.6 Å². The minimum Gasteiger partial charge on any atom is -0.491 e. The maximum Gasteiger partial charge on any atom is 0.254 e. The predicted octanol–water partition coefficient (Wildman–Crippen LogP) is 4.35. The first-order valence-electron chi connectivity index (χ1n) is 11.5. The molecule has 2 aromatic carbocycles. The van der Waals surface area contributed by atoms with Crippen LogP contribution in [0.2, 0.25) is 0 Å². The van der Waals surface area contributed by atoms with E-state index in [2.05, 4.69) is 11.4 Å². The second kappa shape index (κ2) is 11.3. The largest absolute Gasteiger partial charge is 0.491 e. The van der Waals surface area contributed by atoms with Crippen LogP contribution in [0.5, 0.6) is 5.75 Å². The highest BCUT2D eigenvalue weighted by Gasteiger charge is 2.33. The maximum absolute atomic E-state index is 13.6. The van der Waals surface area contributed by atoms with Gasteiger partial charge in [-0.3, -0.25) is 9.59 Å². The van der Waals surface area contributed by atoms with Gasteiger partial charge in [-0.1, -0.05) is 36.4 Å². The lowest BCUT2D eigenvalue weighted by atomic mass is 10.00. The second-order valence-corrected chi connectivity index (χ2v) is 9.31. The molecule has 34 heavy (non-hydrogen) atoms. The Balaban J connectivity index is 1.53. The molecule has 0 saturated heterocycles. The van der Waals surface area contributed by atoms with Gasteiger partial charge in [0.15, 0.2) is 0 Å². The zero-order valence-corrected chi connectivity index (χ0v) is 20.4. The molecule has 0 radical (unpaired) electrons. The highest BCUT2D eigenvalue weighted by atomic mass is 32.1. The number of benzene rings is 2. The zero-order valence-electron chi connectivity index (χ0n) is 19.6. The molecule has 4 rings (SSSR count). The summed E-state index contributed by atoms with van der Waals surface area (Å²) in [5.74, 6) is 0.556. The highest BCUT2D eigenvalue weighted by molar-refractivity contribution is 7.10. The molecule has 178 valence electrons. The van der Waals surface area contributed by atoms with E-state index in [0.717, 1.165) is 23.3 Å². The molecule has 0 fully saturated rings. The molecule has 3 aromatic rings. The summed E-state index contributed by atoms with van der Waals surface area (Å²) in [4.78, 5) is 31.4. The number of carbonyl (C=O) groups excluding carboxylic acids is 2. The van der Waals surface area contributed by atoms with E-state index in [0.29, 0.717) is 31.9 Å². The molecule has 0 spiro atoms. The third-order valence-corrected chi connectivity index (χ3v) is 7.10. The van der Waals surface area contributed by atoms with Crippen LogP contribution < -0.4 is 4.74 Å². The van der Waals surface area contributed by atoms with Crippen molar-refractivity contribution in [2.45, 2.75) is 19.4 Å². The first kappa shape index (κ1) is 24.0. The number of fused-ring (bicyclic) bond motifs is 1. The van der Waals surface area contributed by atoms with E-state index in [1.54, 1.807) is 35.5 Å². The van der Waals surface area contributed by atoms with Crippen molar-refractivity contribution in [3.63, 3.8) is 0 Å². The van der Waals surface area contributed by atoms with Gasteiger partial charge >= 0.3 is 0 Å². The molecule has 2 heterocycles. The Morgan fingerprint density at radius 2 is 1.85 bits per heavy atom. The second-order valence-electron chi connectivity index (χ2n) is 8.31. The summed E-state index contributed by atoms with van der Waals surface area (Å²) in [6, 6.07) is 18.8. The lowest BCUT2D eigenvalue weighted by Gasteiger charge is -2.37. The maximum atomic E-state index is 13.6. The smallest absolute Gasteiger partial charge is 0.254 e. The molecule has 1 aliphatic rings. The molecule has 2 amide bonds. The average Bonchev–Trinajstić information content (AvgIpc) is 3.35. The van der Waals surface area contributed by atoms with Crippen molar-refractivity contribution in [3.8, 4) is 5.75 Å². The van der Waals surface area contributed by atoms with Crippen LogP contribution in [0.3, 0.4) is 0 Å². The lowest BCUT2D eigenvalue weighted by molar-refractivity contribution is -0.135. The van der Waals surface area contributed by atoms with E-state index in [9.17, 15) is 9.59 Å². The van der Waals surface area contributed by atoms with Crippen LogP contribution in [0.1, 0.15) is 32.4 Å². The van der Waals surface area contributed by atoms with Crippen LogP contribution in [0.25, 0.3) is 0 Å². The van der Waals surface area contributed by atoms with E-state index in [1.807, 2.05) is 54.3 Å². The summed E-state index contributed by atoms with van der Waals surface area (Å²) < 4.78 is 11.4. The lowest BCUT2D eigenvalue weighted by Crippen LogP contribution is -2.48. The Bertz CT molecular complexity index is 1110. The van der Waals surface area contributed by atoms with Crippen LogP contribution in [-0.4, -0.2) is 61.6 Å². The monoisotopic (exact) mass is 478 g/mol. The van der Waals surface area contributed by atoms with Crippen molar-refractivity contribution >= 4 is 23.2 Å². The molecule has 0 unspecified atom stereocenters. The van der Waals surface area contributed by atoms with Crippen molar-refractivity contribution in [3.05, 3.63) is 87.6 Å². The topological polar surface area (TPSA) is 59.1 Å². The number of nitrogens with zero attached hydrogens (tertiary/aromatic N) is 2. The summed E-state index contributed by atoms with van der Waals surface area (Å²) in [6.45, 7) is 3.69. The Kier molecular flexibility index (Phi) is 7.98. The van der Waals surface area contributed by atoms with Crippen LogP contribution in [-0.2, 0) is 16.0 Å². The number of amides is 2. The normalized spacial score (nSPS) is 15.0. The quantitative estimate of drug-likeness (QED) is 0.459. The first-order chi connectivity index (χ1) is 16.6. The summed E-state index contributed by atoms with van der Waals surface area (Å²) in [7, 11) is 1.59. The molecular formula is C27H30N2O4S. The first-order valence-corrected chi connectivity index (χ1v) is 12.3. The number of rotatable bonds is 9. The van der Waals surface area contributed by atoms with Crippen LogP contribution in [0, 0.1) is 6.92 Å². The van der Waals surface area contributed by atoms with Crippen molar-refractivity contribution in [2.75, 3.05) is 40.0 Å². The van der Waals surface area contributed by atoms with E-state index < -0.39 is 0 Å². The average molecular weight is 479 g/mol. The number of methoxy groups -OCH3 is 1. The summed E-state index contributed by atoms with van der Waals surface area (Å²) >= 11 is 1.72. The van der Waals surface area contributed by atoms with Gasteiger partial charge in [-0.2, -0.15) is 0 Å². The van der Waals surface area contributed by atoms with E-state index in [-0.39, 0.29) is 24.4 Å².